The van der Waals surface area contributed by atoms with Crippen LogP contribution in [-0.2, 0) is 6.42 Å². The Bertz CT molecular complexity index is 609. The van der Waals surface area contributed by atoms with Crippen LogP contribution in [0.2, 0.25) is 0 Å². The molecule has 0 saturated carbocycles. The van der Waals surface area contributed by atoms with Crippen LogP contribution in [-0.4, -0.2) is 0 Å². The minimum absolute atomic E-state index is 1.02. The molecule has 88 valence electrons. The van der Waals surface area contributed by atoms with E-state index >= 15 is 0 Å². The molecule has 0 amide bonds. The second-order valence-corrected chi connectivity index (χ2v) is 5.31. The Labute approximate surface area is 112 Å². The van der Waals surface area contributed by atoms with Crippen LogP contribution < -0.4 is 0 Å². The van der Waals surface area contributed by atoms with Crippen molar-refractivity contribution in [3.8, 4) is 11.1 Å². The van der Waals surface area contributed by atoms with E-state index in [1.54, 1.807) is 0 Å². The third-order valence-corrected chi connectivity index (χ3v) is 3.92. The number of benzene rings is 2. The lowest BCUT2D eigenvalue weighted by molar-refractivity contribution is 1.24. The van der Waals surface area contributed by atoms with E-state index in [0.717, 1.165) is 6.42 Å². The van der Waals surface area contributed by atoms with Crippen molar-refractivity contribution in [2.24, 2.45) is 0 Å². The van der Waals surface area contributed by atoms with E-state index in [2.05, 4.69) is 72.1 Å². The molecule has 18 heavy (non-hydrogen) atoms. The molecule has 3 rings (SSSR count). The van der Waals surface area contributed by atoms with Gasteiger partial charge in [-0.05, 0) is 28.1 Å². The van der Waals surface area contributed by atoms with Gasteiger partial charge in [0.25, 0.3) is 0 Å². The SMILES string of the molecule is c1ccc(-c2ccccc2Cc2cccs2)cc1. The maximum absolute atomic E-state index is 2.22. The summed E-state index contributed by atoms with van der Waals surface area (Å²) in [6.45, 7) is 0. The molecule has 0 aliphatic heterocycles. The molecule has 0 atom stereocenters. The van der Waals surface area contributed by atoms with Gasteiger partial charge in [-0.1, -0.05) is 60.7 Å². The zero-order chi connectivity index (χ0) is 12.2. The molecule has 0 radical (unpaired) electrons. The van der Waals surface area contributed by atoms with Crippen LogP contribution in [0.5, 0.6) is 0 Å². The topological polar surface area (TPSA) is 0 Å². The zero-order valence-corrected chi connectivity index (χ0v) is 10.9. The summed E-state index contributed by atoms with van der Waals surface area (Å²) in [5.74, 6) is 0. The molecule has 0 N–H and O–H groups in total. The molecule has 2 aromatic carbocycles. The van der Waals surface area contributed by atoms with Gasteiger partial charge in [0.15, 0.2) is 0 Å². The highest BCUT2D eigenvalue weighted by molar-refractivity contribution is 7.09. The Morgan fingerprint density at radius 3 is 2.28 bits per heavy atom. The third kappa shape index (κ3) is 2.36. The van der Waals surface area contributed by atoms with Gasteiger partial charge in [0.1, 0.15) is 0 Å². The Morgan fingerprint density at radius 1 is 0.722 bits per heavy atom. The van der Waals surface area contributed by atoms with Crippen molar-refractivity contribution in [1.29, 1.82) is 0 Å². The molecule has 0 aliphatic carbocycles. The Morgan fingerprint density at radius 2 is 1.50 bits per heavy atom. The van der Waals surface area contributed by atoms with Gasteiger partial charge >= 0.3 is 0 Å². The highest BCUT2D eigenvalue weighted by Gasteiger charge is 2.05. The van der Waals surface area contributed by atoms with Crippen molar-refractivity contribution in [2.75, 3.05) is 0 Å². The molecule has 0 spiro atoms. The predicted octanol–water partition coefficient (Wildman–Crippen LogP) is 5.01. The lowest BCUT2D eigenvalue weighted by Gasteiger charge is -2.08. The normalized spacial score (nSPS) is 10.4. The van der Waals surface area contributed by atoms with E-state index in [-0.39, 0.29) is 0 Å². The van der Waals surface area contributed by atoms with Crippen molar-refractivity contribution in [3.05, 3.63) is 82.6 Å². The fourth-order valence-electron chi connectivity index (χ4n) is 2.17. The van der Waals surface area contributed by atoms with Gasteiger partial charge in [0.2, 0.25) is 0 Å². The van der Waals surface area contributed by atoms with Crippen molar-refractivity contribution >= 4 is 11.3 Å². The standard InChI is InChI=1S/C17H14S/c1-2-7-14(8-3-1)17-11-5-4-9-15(17)13-16-10-6-12-18-16/h1-12H,13H2. The minimum atomic E-state index is 1.02. The molecule has 0 bridgehead atoms. The largest absolute Gasteiger partial charge is 0.149 e. The quantitative estimate of drug-likeness (QED) is 0.613. The first-order valence-corrected chi connectivity index (χ1v) is 6.97. The van der Waals surface area contributed by atoms with E-state index in [0.29, 0.717) is 0 Å². The van der Waals surface area contributed by atoms with E-state index in [1.165, 1.54) is 21.6 Å². The predicted molar refractivity (Wildman–Crippen MR) is 79.0 cm³/mol. The Hall–Kier alpha value is -1.86. The molecule has 1 heteroatoms. The smallest absolute Gasteiger partial charge is 0.00892 e. The minimum Gasteiger partial charge on any atom is -0.149 e. The second-order valence-electron chi connectivity index (χ2n) is 4.28. The first-order valence-electron chi connectivity index (χ1n) is 6.09. The monoisotopic (exact) mass is 250 g/mol. The fourth-order valence-corrected chi connectivity index (χ4v) is 2.90. The van der Waals surface area contributed by atoms with Crippen molar-refractivity contribution in [2.45, 2.75) is 6.42 Å². The molecule has 1 heterocycles. The van der Waals surface area contributed by atoms with Gasteiger partial charge in [0.05, 0.1) is 0 Å². The lowest BCUT2D eigenvalue weighted by Crippen LogP contribution is -1.89. The van der Waals surface area contributed by atoms with E-state index < -0.39 is 0 Å². The van der Waals surface area contributed by atoms with Crippen molar-refractivity contribution in [1.82, 2.24) is 0 Å². The Kier molecular flexibility index (Phi) is 3.24. The summed E-state index contributed by atoms with van der Waals surface area (Å²) in [5.41, 5.74) is 4.03. The average Bonchev–Trinajstić information content (AvgIpc) is 2.93. The second kappa shape index (κ2) is 5.19. The van der Waals surface area contributed by atoms with Crippen LogP contribution in [0.4, 0.5) is 0 Å². The van der Waals surface area contributed by atoms with Crippen LogP contribution in [0.3, 0.4) is 0 Å². The summed E-state index contributed by atoms with van der Waals surface area (Å²) in [7, 11) is 0. The maximum Gasteiger partial charge on any atom is 0.00892 e. The van der Waals surface area contributed by atoms with Gasteiger partial charge in [-0.2, -0.15) is 0 Å². The highest BCUT2D eigenvalue weighted by atomic mass is 32.1. The number of rotatable bonds is 3. The Balaban J connectivity index is 2.00. The van der Waals surface area contributed by atoms with Gasteiger partial charge in [-0.15, -0.1) is 11.3 Å². The van der Waals surface area contributed by atoms with Gasteiger partial charge in [-0.3, -0.25) is 0 Å². The molecule has 3 aromatic rings. The summed E-state index contributed by atoms with van der Waals surface area (Å²) >= 11 is 1.82. The van der Waals surface area contributed by atoms with Crippen LogP contribution in [0.25, 0.3) is 11.1 Å². The summed E-state index contributed by atoms with van der Waals surface area (Å²) in [5, 5.41) is 2.14. The molecule has 0 aliphatic rings. The highest BCUT2D eigenvalue weighted by Crippen LogP contribution is 2.26. The maximum atomic E-state index is 2.22. The molecule has 0 saturated heterocycles. The van der Waals surface area contributed by atoms with Crippen molar-refractivity contribution in [3.63, 3.8) is 0 Å². The van der Waals surface area contributed by atoms with Crippen LogP contribution in [0.15, 0.2) is 72.1 Å². The van der Waals surface area contributed by atoms with Crippen LogP contribution in [0.1, 0.15) is 10.4 Å². The fraction of sp³-hybridized carbons (Fsp3) is 0.0588. The summed E-state index contributed by atoms with van der Waals surface area (Å²) in [6, 6.07) is 23.6. The van der Waals surface area contributed by atoms with Crippen molar-refractivity contribution < 1.29 is 0 Å². The first kappa shape index (κ1) is 11.2. The van der Waals surface area contributed by atoms with E-state index in [1.807, 2.05) is 11.3 Å². The molecular weight excluding hydrogens is 236 g/mol. The average molecular weight is 250 g/mol. The molecule has 0 unspecified atom stereocenters. The molecule has 1 aromatic heterocycles. The molecule has 0 fully saturated rings. The van der Waals surface area contributed by atoms with Gasteiger partial charge < -0.3 is 0 Å². The van der Waals surface area contributed by atoms with Crippen LogP contribution >= 0.6 is 11.3 Å². The summed E-state index contributed by atoms with van der Waals surface area (Å²) in [6.07, 6.45) is 1.02. The first-order chi connectivity index (χ1) is 8.93. The third-order valence-electron chi connectivity index (χ3n) is 3.05. The van der Waals surface area contributed by atoms with Gasteiger partial charge in [-0.25, -0.2) is 0 Å². The number of thiophene rings is 1. The van der Waals surface area contributed by atoms with Crippen LogP contribution in [0, 0.1) is 0 Å². The zero-order valence-electron chi connectivity index (χ0n) is 10.0. The molecular formula is C17H14S. The number of hydrogen-bond donors (Lipinski definition) is 0. The van der Waals surface area contributed by atoms with E-state index in [4.69, 9.17) is 0 Å². The summed E-state index contributed by atoms with van der Waals surface area (Å²) in [4.78, 5) is 1.42. The number of hydrogen-bond acceptors (Lipinski definition) is 1. The van der Waals surface area contributed by atoms with E-state index in [9.17, 15) is 0 Å². The van der Waals surface area contributed by atoms with Gasteiger partial charge in [0, 0.05) is 11.3 Å². The lowest BCUT2D eigenvalue weighted by atomic mass is 9.97. The summed E-state index contributed by atoms with van der Waals surface area (Å²) < 4.78 is 0. The molecule has 0 nitrogen and oxygen atoms in total.